The highest BCUT2D eigenvalue weighted by atomic mass is 16.5. The maximum Gasteiger partial charge on any atom is 0.239 e. The summed E-state index contributed by atoms with van der Waals surface area (Å²) in [7, 11) is 1.52. The van der Waals surface area contributed by atoms with E-state index < -0.39 is 0 Å². The highest BCUT2D eigenvalue weighted by Gasteiger charge is 2.18. The predicted molar refractivity (Wildman–Crippen MR) is 128 cm³/mol. The Labute approximate surface area is 195 Å². The van der Waals surface area contributed by atoms with E-state index in [0.717, 1.165) is 5.56 Å². The van der Waals surface area contributed by atoms with Gasteiger partial charge in [-0.15, -0.1) is 0 Å². The first-order valence-corrected chi connectivity index (χ1v) is 10.5. The monoisotopic (exact) mass is 460 g/mol. The standard InChI is InChI=1S/C23H24N8O3/c1-34-17-11-15(12-27-21(17)24)19-20(31-22(30-19)14-5-3-2-4-6-14)16-7-8-26-23(29-16)28-13-18(33)25-9-10-32/h2-8,11-12,32H,9-10,13H2,1H3,(H2,24,27)(H,25,33)(H,30,31)(H,26,28,29). The molecule has 0 unspecified atom stereocenters. The number of benzene rings is 1. The van der Waals surface area contributed by atoms with Crippen LogP contribution in [0.3, 0.4) is 0 Å². The lowest BCUT2D eigenvalue weighted by molar-refractivity contribution is -0.119. The first-order valence-electron chi connectivity index (χ1n) is 10.5. The molecule has 0 fully saturated rings. The summed E-state index contributed by atoms with van der Waals surface area (Å²) >= 11 is 0. The average Bonchev–Trinajstić information content (AvgIpc) is 3.33. The second-order valence-electron chi connectivity index (χ2n) is 7.18. The minimum Gasteiger partial charge on any atom is -0.493 e. The second-order valence-corrected chi connectivity index (χ2v) is 7.18. The van der Waals surface area contributed by atoms with Crippen LogP contribution in [0.4, 0.5) is 11.8 Å². The van der Waals surface area contributed by atoms with Gasteiger partial charge in [0.2, 0.25) is 11.9 Å². The van der Waals surface area contributed by atoms with Crippen molar-refractivity contribution in [2.75, 3.05) is 37.9 Å². The fourth-order valence-electron chi connectivity index (χ4n) is 3.25. The van der Waals surface area contributed by atoms with E-state index in [4.69, 9.17) is 20.6 Å². The first-order chi connectivity index (χ1) is 16.6. The maximum atomic E-state index is 11.8. The number of pyridine rings is 1. The number of aromatic nitrogens is 5. The highest BCUT2D eigenvalue weighted by molar-refractivity contribution is 5.82. The van der Waals surface area contributed by atoms with Crippen LogP contribution < -0.4 is 21.1 Å². The van der Waals surface area contributed by atoms with Gasteiger partial charge in [0.1, 0.15) is 11.5 Å². The van der Waals surface area contributed by atoms with Crippen LogP contribution in [0.2, 0.25) is 0 Å². The first kappa shape index (κ1) is 22.7. The van der Waals surface area contributed by atoms with Gasteiger partial charge in [0.15, 0.2) is 11.6 Å². The summed E-state index contributed by atoms with van der Waals surface area (Å²) in [6, 6.07) is 13.2. The molecule has 4 aromatic rings. The number of amides is 1. The Hall–Kier alpha value is -4.51. The van der Waals surface area contributed by atoms with Crippen LogP contribution in [0.5, 0.6) is 5.75 Å². The summed E-state index contributed by atoms with van der Waals surface area (Å²) in [6.07, 6.45) is 3.21. The van der Waals surface area contributed by atoms with Crippen molar-refractivity contribution < 1.29 is 14.6 Å². The molecule has 4 rings (SSSR count). The molecule has 3 heterocycles. The third-order valence-electron chi connectivity index (χ3n) is 4.88. The normalized spacial score (nSPS) is 10.6. The van der Waals surface area contributed by atoms with E-state index >= 15 is 0 Å². The van der Waals surface area contributed by atoms with Gasteiger partial charge in [0.25, 0.3) is 0 Å². The van der Waals surface area contributed by atoms with E-state index in [1.54, 1.807) is 24.5 Å². The van der Waals surface area contributed by atoms with Gasteiger partial charge in [-0.05, 0) is 12.1 Å². The van der Waals surface area contributed by atoms with Crippen LogP contribution in [0.15, 0.2) is 54.9 Å². The molecule has 0 saturated carbocycles. The van der Waals surface area contributed by atoms with Gasteiger partial charge in [-0.1, -0.05) is 30.3 Å². The van der Waals surface area contributed by atoms with Crippen molar-refractivity contribution in [3.05, 3.63) is 54.9 Å². The molecule has 174 valence electrons. The van der Waals surface area contributed by atoms with Gasteiger partial charge in [-0.2, -0.15) is 0 Å². The molecule has 0 bridgehead atoms. The van der Waals surface area contributed by atoms with Crippen molar-refractivity contribution in [2.24, 2.45) is 0 Å². The fourth-order valence-corrected chi connectivity index (χ4v) is 3.25. The number of aromatic amines is 1. The Bertz CT molecular complexity index is 1280. The number of imidazole rings is 1. The number of nitrogen functional groups attached to an aromatic ring is 1. The molecular formula is C23H24N8O3. The van der Waals surface area contributed by atoms with E-state index in [-0.39, 0.29) is 37.4 Å². The van der Waals surface area contributed by atoms with Crippen LogP contribution in [-0.4, -0.2) is 62.7 Å². The van der Waals surface area contributed by atoms with Crippen LogP contribution in [0.1, 0.15) is 0 Å². The molecule has 34 heavy (non-hydrogen) atoms. The Kier molecular flexibility index (Phi) is 6.94. The largest absolute Gasteiger partial charge is 0.493 e. The fraction of sp³-hybridized carbons (Fsp3) is 0.174. The molecule has 0 atom stereocenters. The van der Waals surface area contributed by atoms with Crippen molar-refractivity contribution in [3.8, 4) is 39.8 Å². The Morgan fingerprint density at radius 3 is 2.74 bits per heavy atom. The minimum atomic E-state index is -0.281. The van der Waals surface area contributed by atoms with Gasteiger partial charge in [-0.25, -0.2) is 19.9 Å². The lowest BCUT2D eigenvalue weighted by Gasteiger charge is -2.08. The third-order valence-corrected chi connectivity index (χ3v) is 4.88. The average molecular weight is 460 g/mol. The summed E-state index contributed by atoms with van der Waals surface area (Å²) in [6.45, 7) is 0.0166. The van der Waals surface area contributed by atoms with Crippen molar-refractivity contribution in [3.63, 3.8) is 0 Å². The van der Waals surface area contributed by atoms with Crippen molar-refractivity contribution >= 4 is 17.7 Å². The van der Waals surface area contributed by atoms with Gasteiger partial charge in [0, 0.05) is 30.1 Å². The molecule has 0 spiro atoms. The molecule has 0 aliphatic heterocycles. The molecule has 1 aromatic carbocycles. The van der Waals surface area contributed by atoms with Gasteiger partial charge < -0.3 is 31.2 Å². The summed E-state index contributed by atoms with van der Waals surface area (Å²) < 4.78 is 5.33. The molecule has 0 aliphatic carbocycles. The third kappa shape index (κ3) is 5.10. The van der Waals surface area contributed by atoms with Crippen LogP contribution in [-0.2, 0) is 4.79 Å². The topological polar surface area (TPSA) is 164 Å². The number of nitrogens with one attached hydrogen (secondary N) is 3. The number of anilines is 2. The number of carbonyl (C=O) groups excluding carboxylic acids is 1. The highest BCUT2D eigenvalue weighted by Crippen LogP contribution is 2.34. The zero-order valence-electron chi connectivity index (χ0n) is 18.4. The van der Waals surface area contributed by atoms with Crippen molar-refractivity contribution in [1.29, 1.82) is 0 Å². The Morgan fingerprint density at radius 1 is 1.15 bits per heavy atom. The van der Waals surface area contributed by atoms with Gasteiger partial charge in [0.05, 0.1) is 31.6 Å². The molecule has 11 heteroatoms. The van der Waals surface area contributed by atoms with E-state index in [2.05, 4.69) is 30.6 Å². The number of aliphatic hydroxyl groups excluding tert-OH is 1. The number of H-pyrrole nitrogens is 1. The van der Waals surface area contributed by atoms with E-state index in [9.17, 15) is 4.79 Å². The Morgan fingerprint density at radius 2 is 1.97 bits per heavy atom. The summed E-state index contributed by atoms with van der Waals surface area (Å²) in [5.74, 6) is 1.35. The zero-order valence-corrected chi connectivity index (χ0v) is 18.4. The summed E-state index contributed by atoms with van der Waals surface area (Å²) in [5, 5.41) is 14.3. The maximum absolute atomic E-state index is 11.8. The molecule has 3 aromatic heterocycles. The Balaban J connectivity index is 1.72. The summed E-state index contributed by atoms with van der Waals surface area (Å²) in [5.41, 5.74) is 9.30. The van der Waals surface area contributed by atoms with Crippen LogP contribution in [0, 0.1) is 0 Å². The molecular weight excluding hydrogens is 436 g/mol. The number of carbonyl (C=O) groups is 1. The van der Waals surface area contributed by atoms with Crippen LogP contribution >= 0.6 is 0 Å². The number of methoxy groups -OCH3 is 1. The number of nitrogens with zero attached hydrogens (tertiary/aromatic N) is 4. The predicted octanol–water partition coefficient (Wildman–Crippen LogP) is 1.71. The number of rotatable bonds is 9. The van der Waals surface area contributed by atoms with E-state index in [1.165, 1.54) is 7.11 Å². The van der Waals surface area contributed by atoms with Crippen molar-refractivity contribution in [2.45, 2.75) is 0 Å². The number of aliphatic hydroxyl groups is 1. The number of ether oxygens (including phenoxy) is 1. The SMILES string of the molecule is COc1cc(-c2nc(-c3ccccc3)[nH]c2-c2ccnc(NCC(=O)NCCO)n2)cnc1N. The molecule has 0 saturated heterocycles. The number of nitrogens with two attached hydrogens (primary N) is 1. The molecule has 11 nitrogen and oxygen atoms in total. The molecule has 6 N–H and O–H groups in total. The second kappa shape index (κ2) is 10.4. The minimum absolute atomic E-state index is 0.0341. The van der Waals surface area contributed by atoms with Gasteiger partial charge >= 0.3 is 0 Å². The number of hydrogen-bond donors (Lipinski definition) is 5. The quantitative estimate of drug-likeness (QED) is 0.250. The smallest absolute Gasteiger partial charge is 0.239 e. The van der Waals surface area contributed by atoms with Gasteiger partial charge in [-0.3, -0.25) is 4.79 Å². The van der Waals surface area contributed by atoms with E-state index in [1.807, 2.05) is 30.3 Å². The lowest BCUT2D eigenvalue weighted by Crippen LogP contribution is -2.32. The molecule has 0 aliphatic rings. The summed E-state index contributed by atoms with van der Waals surface area (Å²) in [4.78, 5) is 33.0. The lowest BCUT2D eigenvalue weighted by atomic mass is 10.1. The van der Waals surface area contributed by atoms with Crippen molar-refractivity contribution in [1.82, 2.24) is 30.2 Å². The van der Waals surface area contributed by atoms with E-state index in [0.29, 0.717) is 34.2 Å². The molecule has 0 radical (unpaired) electrons. The molecule has 1 amide bonds. The van der Waals surface area contributed by atoms with Crippen LogP contribution in [0.25, 0.3) is 34.0 Å². The number of hydrogen-bond acceptors (Lipinski definition) is 9. The zero-order chi connectivity index (χ0) is 23.9.